The summed E-state index contributed by atoms with van der Waals surface area (Å²) >= 11 is 0. The summed E-state index contributed by atoms with van der Waals surface area (Å²) in [5.41, 5.74) is 1.02. The summed E-state index contributed by atoms with van der Waals surface area (Å²) < 4.78 is 11.5. The molecule has 1 atom stereocenters. The van der Waals surface area contributed by atoms with Gasteiger partial charge in [-0.25, -0.2) is 0 Å². The van der Waals surface area contributed by atoms with Gasteiger partial charge < -0.3 is 19.0 Å². The van der Waals surface area contributed by atoms with Gasteiger partial charge in [-0.2, -0.15) is 0 Å². The van der Waals surface area contributed by atoms with Crippen LogP contribution in [0.4, 0.5) is 0 Å². The third-order valence-corrected chi connectivity index (χ3v) is 7.89. The van der Waals surface area contributed by atoms with Gasteiger partial charge >= 0.3 is 0 Å². The van der Waals surface area contributed by atoms with Crippen LogP contribution in [0.25, 0.3) is 0 Å². The van der Waals surface area contributed by atoms with Crippen LogP contribution in [0.1, 0.15) is 90.7 Å². The van der Waals surface area contributed by atoms with Crippen molar-refractivity contribution >= 4 is 11.7 Å². The van der Waals surface area contributed by atoms with Crippen molar-refractivity contribution in [3.05, 3.63) is 23.2 Å². The first-order valence-corrected chi connectivity index (χ1v) is 12.5. The zero-order valence-electron chi connectivity index (χ0n) is 18.7. The molecule has 31 heavy (non-hydrogen) atoms. The number of hydrogen-bond donors (Lipinski definition) is 0. The lowest BCUT2D eigenvalue weighted by Gasteiger charge is -2.38. The molecule has 1 aromatic rings. The molecule has 170 valence electrons. The molecular formula is C25H36N2O4. The number of amides is 1. The standard InChI is InChI=1S/C25H36N2O4/c28-22-8-3-9-23-24(22)21(17-31-23)25(29)27(16-20-7-4-14-30-20)15-18-10-12-26(13-11-18)19-5-1-2-6-19/h17-20H,1-16H2/t20-/m0/s1. The number of rotatable bonds is 6. The number of Topliss-reactive ketones (excluding diaryl/α,β-unsaturated/α-hetero) is 1. The fraction of sp³-hybridized carbons (Fsp3) is 0.760. The molecule has 6 nitrogen and oxygen atoms in total. The Labute approximate surface area is 185 Å². The zero-order valence-corrected chi connectivity index (χ0v) is 18.7. The van der Waals surface area contributed by atoms with E-state index in [9.17, 15) is 9.59 Å². The lowest BCUT2D eigenvalue weighted by Crippen LogP contribution is -2.45. The van der Waals surface area contributed by atoms with E-state index in [0.717, 1.165) is 70.8 Å². The molecule has 1 amide bonds. The molecule has 1 aromatic heterocycles. The number of furan rings is 1. The fourth-order valence-electron chi connectivity index (χ4n) is 6.11. The number of ether oxygens (including phenoxy) is 1. The molecular weight excluding hydrogens is 392 g/mol. The normalized spacial score (nSPS) is 25.8. The van der Waals surface area contributed by atoms with Crippen LogP contribution in [0, 0.1) is 5.92 Å². The lowest BCUT2D eigenvalue weighted by atomic mass is 9.92. The van der Waals surface area contributed by atoms with Gasteiger partial charge in [0.2, 0.25) is 0 Å². The summed E-state index contributed by atoms with van der Waals surface area (Å²) in [6.45, 7) is 4.46. The number of carbonyl (C=O) groups excluding carboxylic acids is 2. The summed E-state index contributed by atoms with van der Waals surface area (Å²) in [7, 11) is 0. The molecule has 1 saturated carbocycles. The Balaban J connectivity index is 1.28. The smallest absolute Gasteiger partial charge is 0.257 e. The Hall–Kier alpha value is -1.66. The number of hydrogen-bond acceptors (Lipinski definition) is 5. The molecule has 3 heterocycles. The molecule has 0 radical (unpaired) electrons. The quantitative estimate of drug-likeness (QED) is 0.683. The molecule has 4 aliphatic rings. The maximum atomic E-state index is 13.6. The van der Waals surface area contributed by atoms with Gasteiger partial charge in [-0.15, -0.1) is 0 Å². The van der Waals surface area contributed by atoms with E-state index in [-0.39, 0.29) is 17.8 Å². The van der Waals surface area contributed by atoms with Crippen molar-refractivity contribution in [3.63, 3.8) is 0 Å². The predicted octanol–water partition coefficient (Wildman–Crippen LogP) is 4.07. The van der Waals surface area contributed by atoms with E-state index in [4.69, 9.17) is 9.15 Å². The molecule has 0 N–H and O–H groups in total. The number of ketones is 1. The molecule has 5 rings (SSSR count). The van der Waals surface area contributed by atoms with Crippen molar-refractivity contribution in [3.8, 4) is 0 Å². The topological polar surface area (TPSA) is 63.0 Å². The van der Waals surface area contributed by atoms with E-state index in [0.29, 0.717) is 35.8 Å². The van der Waals surface area contributed by atoms with Crippen LogP contribution in [0.2, 0.25) is 0 Å². The molecule has 0 unspecified atom stereocenters. The second-order valence-corrected chi connectivity index (χ2v) is 9.99. The second kappa shape index (κ2) is 9.45. The van der Waals surface area contributed by atoms with E-state index < -0.39 is 0 Å². The highest BCUT2D eigenvalue weighted by atomic mass is 16.5. The molecule has 6 heteroatoms. The Bertz CT molecular complexity index is 783. The summed E-state index contributed by atoms with van der Waals surface area (Å²) in [6.07, 6.45) is 13.5. The highest BCUT2D eigenvalue weighted by molar-refractivity contribution is 6.09. The van der Waals surface area contributed by atoms with Crippen LogP contribution in [-0.4, -0.2) is 66.4 Å². The van der Waals surface area contributed by atoms with E-state index in [2.05, 4.69) is 4.90 Å². The van der Waals surface area contributed by atoms with E-state index in [1.807, 2.05) is 4.90 Å². The van der Waals surface area contributed by atoms with Gasteiger partial charge in [0.15, 0.2) is 5.78 Å². The third-order valence-electron chi connectivity index (χ3n) is 7.89. The van der Waals surface area contributed by atoms with Crippen LogP contribution in [0.3, 0.4) is 0 Å². The molecule has 2 aliphatic carbocycles. The van der Waals surface area contributed by atoms with Gasteiger partial charge in [0.05, 0.1) is 17.2 Å². The van der Waals surface area contributed by atoms with Crippen molar-refractivity contribution < 1.29 is 18.7 Å². The number of fused-ring (bicyclic) bond motifs is 1. The first-order chi connectivity index (χ1) is 15.2. The van der Waals surface area contributed by atoms with Crippen LogP contribution >= 0.6 is 0 Å². The molecule has 0 aromatic carbocycles. The molecule has 0 spiro atoms. The maximum absolute atomic E-state index is 13.6. The largest absolute Gasteiger partial charge is 0.468 e. The molecule has 2 saturated heterocycles. The average molecular weight is 429 g/mol. The Kier molecular flexibility index (Phi) is 6.46. The minimum Gasteiger partial charge on any atom is -0.468 e. The second-order valence-electron chi connectivity index (χ2n) is 9.99. The molecule has 2 aliphatic heterocycles. The summed E-state index contributed by atoms with van der Waals surface area (Å²) in [6, 6.07) is 0.786. The van der Waals surface area contributed by atoms with Gasteiger partial charge in [-0.3, -0.25) is 9.59 Å². The van der Waals surface area contributed by atoms with Crippen LogP contribution in [0.15, 0.2) is 10.7 Å². The Morgan fingerprint density at radius 1 is 1.00 bits per heavy atom. The number of nitrogens with zero attached hydrogens (tertiary/aromatic N) is 2. The van der Waals surface area contributed by atoms with Crippen molar-refractivity contribution in [1.82, 2.24) is 9.80 Å². The van der Waals surface area contributed by atoms with Crippen molar-refractivity contribution in [1.29, 1.82) is 0 Å². The summed E-state index contributed by atoms with van der Waals surface area (Å²) in [5.74, 6) is 1.22. The van der Waals surface area contributed by atoms with Crippen molar-refractivity contribution in [2.45, 2.75) is 82.8 Å². The van der Waals surface area contributed by atoms with Crippen LogP contribution < -0.4 is 0 Å². The first-order valence-electron chi connectivity index (χ1n) is 12.5. The van der Waals surface area contributed by atoms with Gasteiger partial charge in [0, 0.05) is 38.6 Å². The van der Waals surface area contributed by atoms with E-state index in [1.54, 1.807) is 0 Å². The maximum Gasteiger partial charge on any atom is 0.257 e. The monoisotopic (exact) mass is 428 g/mol. The van der Waals surface area contributed by atoms with Crippen LogP contribution in [0.5, 0.6) is 0 Å². The summed E-state index contributed by atoms with van der Waals surface area (Å²) in [5, 5.41) is 0. The Morgan fingerprint density at radius 3 is 2.55 bits per heavy atom. The number of carbonyl (C=O) groups is 2. The van der Waals surface area contributed by atoms with Crippen LogP contribution in [-0.2, 0) is 11.2 Å². The fourth-order valence-corrected chi connectivity index (χ4v) is 6.11. The number of aryl methyl sites for hydroxylation is 1. The Morgan fingerprint density at radius 2 is 1.81 bits per heavy atom. The van der Waals surface area contributed by atoms with Gasteiger partial charge in [0.1, 0.15) is 12.0 Å². The van der Waals surface area contributed by atoms with Gasteiger partial charge in [0.25, 0.3) is 5.91 Å². The van der Waals surface area contributed by atoms with Gasteiger partial charge in [-0.1, -0.05) is 12.8 Å². The van der Waals surface area contributed by atoms with Crippen molar-refractivity contribution in [2.75, 3.05) is 32.8 Å². The SMILES string of the molecule is O=C1CCCc2occ(C(=O)N(CC3CCN(C4CCCC4)CC3)C[C@@H]3CCCO3)c21. The molecule has 0 bridgehead atoms. The zero-order chi connectivity index (χ0) is 21.2. The number of likely N-dealkylation sites (tertiary alicyclic amines) is 1. The number of piperidine rings is 1. The van der Waals surface area contributed by atoms with Gasteiger partial charge in [-0.05, 0) is 64.0 Å². The van der Waals surface area contributed by atoms with E-state index in [1.165, 1.54) is 31.9 Å². The minimum atomic E-state index is -0.0472. The predicted molar refractivity (Wildman–Crippen MR) is 117 cm³/mol. The van der Waals surface area contributed by atoms with Crippen molar-refractivity contribution in [2.24, 2.45) is 5.92 Å². The third kappa shape index (κ3) is 4.61. The summed E-state index contributed by atoms with van der Waals surface area (Å²) in [4.78, 5) is 30.8. The molecule has 3 fully saturated rings. The minimum absolute atomic E-state index is 0.0472. The van der Waals surface area contributed by atoms with E-state index >= 15 is 0 Å². The lowest BCUT2D eigenvalue weighted by molar-refractivity contribution is 0.0427. The highest BCUT2D eigenvalue weighted by Gasteiger charge is 2.34. The average Bonchev–Trinajstić information content (AvgIpc) is 3.55. The first kappa shape index (κ1) is 21.2. The highest BCUT2D eigenvalue weighted by Crippen LogP contribution is 2.30.